The summed E-state index contributed by atoms with van der Waals surface area (Å²) in [5, 5.41) is 9.05. The predicted octanol–water partition coefficient (Wildman–Crippen LogP) is 3.49. The highest BCUT2D eigenvalue weighted by Gasteiger charge is 2.16. The molecule has 0 saturated heterocycles. The van der Waals surface area contributed by atoms with Gasteiger partial charge >= 0.3 is 5.97 Å². The number of ketones is 1. The third kappa shape index (κ3) is 5.23. The molecule has 0 radical (unpaired) electrons. The van der Waals surface area contributed by atoms with Gasteiger partial charge in [0.1, 0.15) is 5.75 Å². The molecule has 0 aliphatic carbocycles. The Bertz CT molecular complexity index is 971. The van der Waals surface area contributed by atoms with E-state index < -0.39 is 5.97 Å². The van der Waals surface area contributed by atoms with Crippen LogP contribution in [0.4, 0.5) is 0 Å². The lowest BCUT2D eigenvalue weighted by atomic mass is 10.1. The zero-order chi connectivity index (χ0) is 20.6. The Morgan fingerprint density at radius 1 is 1.03 bits per heavy atom. The number of ether oxygens (including phenoxy) is 2. The van der Waals surface area contributed by atoms with E-state index in [0.29, 0.717) is 23.0 Å². The molecule has 3 rings (SSSR count). The lowest BCUT2D eigenvalue weighted by molar-refractivity contribution is -0.139. The van der Waals surface area contributed by atoms with Gasteiger partial charge in [0.15, 0.2) is 23.4 Å². The number of thioether (sulfide) groups is 1. The Kier molecular flexibility index (Phi) is 7.02. The molecule has 0 N–H and O–H groups in total. The SMILES string of the molecule is CCn1c(SCC(=O)OCC(=O)c2ccc(OC)cc2)nnc1-c1ccccc1. The number of carbonyl (C=O) groups excluding carboxylic acids is 2. The first-order chi connectivity index (χ1) is 14.1. The highest BCUT2D eigenvalue weighted by atomic mass is 32.2. The summed E-state index contributed by atoms with van der Waals surface area (Å²) in [4.78, 5) is 24.2. The topological polar surface area (TPSA) is 83.3 Å². The molecule has 1 aromatic heterocycles. The molecule has 3 aromatic rings. The molecule has 1 heterocycles. The highest BCUT2D eigenvalue weighted by molar-refractivity contribution is 7.99. The molecule has 8 heteroatoms. The molecule has 0 bridgehead atoms. The minimum atomic E-state index is -0.483. The number of rotatable bonds is 9. The Morgan fingerprint density at radius 2 is 1.76 bits per heavy atom. The molecule has 150 valence electrons. The molecule has 2 aromatic carbocycles. The van der Waals surface area contributed by atoms with Crippen LogP contribution in [0.5, 0.6) is 5.75 Å². The highest BCUT2D eigenvalue weighted by Crippen LogP contribution is 2.23. The van der Waals surface area contributed by atoms with Gasteiger partial charge in [0.05, 0.1) is 12.9 Å². The van der Waals surface area contributed by atoms with E-state index in [2.05, 4.69) is 10.2 Å². The van der Waals surface area contributed by atoms with Crippen LogP contribution in [0.1, 0.15) is 17.3 Å². The number of nitrogens with zero attached hydrogens (tertiary/aromatic N) is 3. The molecule has 0 saturated carbocycles. The average Bonchev–Trinajstić information content (AvgIpc) is 3.19. The second kappa shape index (κ2) is 9.88. The molecule has 0 atom stereocenters. The Balaban J connectivity index is 1.54. The lowest BCUT2D eigenvalue weighted by Crippen LogP contribution is -2.15. The van der Waals surface area contributed by atoms with Gasteiger partial charge in [-0.15, -0.1) is 10.2 Å². The maximum Gasteiger partial charge on any atom is 0.316 e. The first kappa shape index (κ1) is 20.6. The van der Waals surface area contributed by atoms with Crippen molar-refractivity contribution in [2.45, 2.75) is 18.6 Å². The van der Waals surface area contributed by atoms with Crippen LogP contribution in [-0.2, 0) is 16.1 Å². The molecule has 0 amide bonds. The number of hydrogen-bond donors (Lipinski definition) is 0. The normalized spacial score (nSPS) is 10.6. The molecular weight excluding hydrogens is 390 g/mol. The Labute approximate surface area is 173 Å². The van der Waals surface area contributed by atoms with Gasteiger partial charge in [0, 0.05) is 17.7 Å². The number of esters is 1. The van der Waals surface area contributed by atoms with E-state index in [0.717, 1.165) is 11.4 Å². The molecule has 0 aliphatic rings. The van der Waals surface area contributed by atoms with Gasteiger partial charge in [0.25, 0.3) is 0 Å². The van der Waals surface area contributed by atoms with Gasteiger partial charge < -0.3 is 14.0 Å². The third-order valence-corrected chi connectivity index (χ3v) is 5.10. The number of benzene rings is 2. The zero-order valence-corrected chi connectivity index (χ0v) is 17.0. The van der Waals surface area contributed by atoms with Crippen LogP contribution in [0.15, 0.2) is 59.8 Å². The minimum Gasteiger partial charge on any atom is -0.497 e. The molecule has 0 fully saturated rings. The van der Waals surface area contributed by atoms with E-state index in [1.807, 2.05) is 41.8 Å². The largest absolute Gasteiger partial charge is 0.497 e. The first-order valence-corrected chi connectivity index (χ1v) is 10.0. The number of hydrogen-bond acceptors (Lipinski definition) is 7. The van der Waals surface area contributed by atoms with Gasteiger partial charge in [-0.3, -0.25) is 9.59 Å². The second-order valence-electron chi connectivity index (χ2n) is 6.02. The molecule has 7 nitrogen and oxygen atoms in total. The summed E-state index contributed by atoms with van der Waals surface area (Å²) >= 11 is 1.23. The second-order valence-corrected chi connectivity index (χ2v) is 6.96. The van der Waals surface area contributed by atoms with Crippen molar-refractivity contribution in [1.82, 2.24) is 14.8 Å². The van der Waals surface area contributed by atoms with Crippen molar-refractivity contribution in [3.05, 3.63) is 60.2 Å². The predicted molar refractivity (Wildman–Crippen MR) is 110 cm³/mol. The number of Topliss-reactive ketones (excluding diaryl/α,β-unsaturated/α-hetero) is 1. The summed E-state index contributed by atoms with van der Waals surface area (Å²) in [7, 11) is 1.55. The van der Waals surface area contributed by atoms with Gasteiger partial charge in [-0.2, -0.15) is 0 Å². The third-order valence-electron chi connectivity index (χ3n) is 4.16. The van der Waals surface area contributed by atoms with Crippen molar-refractivity contribution in [2.24, 2.45) is 0 Å². The lowest BCUT2D eigenvalue weighted by Gasteiger charge is -2.07. The Hall–Kier alpha value is -3.13. The summed E-state index contributed by atoms with van der Waals surface area (Å²) in [6, 6.07) is 16.4. The molecule has 0 unspecified atom stereocenters. The van der Waals surface area contributed by atoms with Gasteiger partial charge in [-0.05, 0) is 31.2 Å². The zero-order valence-electron chi connectivity index (χ0n) is 16.2. The van der Waals surface area contributed by atoms with Crippen molar-refractivity contribution in [3.8, 4) is 17.1 Å². The smallest absolute Gasteiger partial charge is 0.316 e. The van der Waals surface area contributed by atoms with E-state index in [1.54, 1.807) is 31.4 Å². The quantitative estimate of drug-likeness (QED) is 0.303. The molecular formula is C21H21N3O4S. The fourth-order valence-corrected chi connectivity index (χ4v) is 3.45. The van der Waals surface area contributed by atoms with E-state index in [9.17, 15) is 9.59 Å². The maximum absolute atomic E-state index is 12.1. The molecule has 29 heavy (non-hydrogen) atoms. The van der Waals surface area contributed by atoms with Crippen LogP contribution in [0.25, 0.3) is 11.4 Å². The number of carbonyl (C=O) groups is 2. The average molecular weight is 411 g/mol. The minimum absolute atomic E-state index is 0.0445. The first-order valence-electron chi connectivity index (χ1n) is 9.06. The van der Waals surface area contributed by atoms with E-state index >= 15 is 0 Å². The fraction of sp³-hybridized carbons (Fsp3) is 0.238. The standard InChI is InChI=1S/C21H21N3O4S/c1-3-24-20(16-7-5-4-6-8-16)22-23-21(24)29-14-19(26)28-13-18(25)15-9-11-17(27-2)12-10-15/h4-12H,3,13-14H2,1-2H3. The van der Waals surface area contributed by atoms with Gasteiger partial charge in [-0.1, -0.05) is 42.1 Å². The fourth-order valence-electron chi connectivity index (χ4n) is 2.65. The Morgan fingerprint density at radius 3 is 2.41 bits per heavy atom. The summed E-state index contributed by atoms with van der Waals surface area (Å²) < 4.78 is 12.1. The van der Waals surface area contributed by atoms with E-state index in [4.69, 9.17) is 9.47 Å². The van der Waals surface area contributed by atoms with Crippen LogP contribution in [0.2, 0.25) is 0 Å². The monoisotopic (exact) mass is 411 g/mol. The summed E-state index contributed by atoms with van der Waals surface area (Å²) in [5.74, 6) is 0.699. The van der Waals surface area contributed by atoms with Crippen LogP contribution >= 0.6 is 11.8 Å². The van der Waals surface area contributed by atoms with E-state index in [1.165, 1.54) is 11.8 Å². The van der Waals surface area contributed by atoms with Gasteiger partial charge in [0.2, 0.25) is 0 Å². The number of methoxy groups -OCH3 is 1. The number of aromatic nitrogens is 3. The maximum atomic E-state index is 12.1. The van der Waals surface area contributed by atoms with Crippen molar-refractivity contribution < 1.29 is 19.1 Å². The van der Waals surface area contributed by atoms with Crippen molar-refractivity contribution >= 4 is 23.5 Å². The molecule has 0 aliphatic heterocycles. The van der Waals surface area contributed by atoms with Crippen LogP contribution in [-0.4, -0.2) is 46.0 Å². The molecule has 0 spiro atoms. The van der Waals surface area contributed by atoms with Crippen LogP contribution in [0, 0.1) is 0 Å². The van der Waals surface area contributed by atoms with Crippen molar-refractivity contribution in [3.63, 3.8) is 0 Å². The van der Waals surface area contributed by atoms with Gasteiger partial charge in [-0.25, -0.2) is 0 Å². The van der Waals surface area contributed by atoms with Crippen molar-refractivity contribution in [1.29, 1.82) is 0 Å². The van der Waals surface area contributed by atoms with Crippen LogP contribution in [0.3, 0.4) is 0 Å². The van der Waals surface area contributed by atoms with E-state index in [-0.39, 0.29) is 18.1 Å². The van der Waals surface area contributed by atoms with Crippen LogP contribution < -0.4 is 4.74 Å². The summed E-state index contributed by atoms with van der Waals surface area (Å²) in [6.07, 6.45) is 0. The summed E-state index contributed by atoms with van der Waals surface area (Å²) in [5.41, 5.74) is 1.42. The summed E-state index contributed by atoms with van der Waals surface area (Å²) in [6.45, 7) is 2.36. The van der Waals surface area contributed by atoms with Crippen molar-refractivity contribution in [2.75, 3.05) is 19.5 Å².